The number of phenolic OH excluding ortho intramolecular Hbond substituents is 1. The molecule has 0 aliphatic heterocycles. The lowest BCUT2D eigenvalue weighted by Crippen LogP contribution is -1.87. The molecule has 17 heavy (non-hydrogen) atoms. The molecule has 2 heteroatoms. The Morgan fingerprint density at radius 2 is 1.59 bits per heavy atom. The van der Waals surface area contributed by atoms with Gasteiger partial charge in [0, 0.05) is 4.90 Å². The molecule has 2 rings (SSSR count). The largest absolute Gasteiger partial charge is 0.507 e. The average molecular weight is 244 g/mol. The van der Waals surface area contributed by atoms with Crippen molar-refractivity contribution < 1.29 is 5.11 Å². The number of thioether (sulfide) groups is 1. The normalized spacial score (nSPS) is 10.4. The number of hydrogen-bond donors (Lipinski definition) is 1. The van der Waals surface area contributed by atoms with Gasteiger partial charge in [0.25, 0.3) is 0 Å². The summed E-state index contributed by atoms with van der Waals surface area (Å²) < 4.78 is 0. The number of rotatable bonds is 5. The van der Waals surface area contributed by atoms with Gasteiger partial charge in [-0.25, -0.2) is 0 Å². The van der Waals surface area contributed by atoms with Crippen LogP contribution in [0.4, 0.5) is 0 Å². The zero-order valence-corrected chi connectivity index (χ0v) is 10.5. The molecule has 0 aliphatic rings. The summed E-state index contributed by atoms with van der Waals surface area (Å²) in [6.45, 7) is 0. The molecule has 0 fully saturated rings. The van der Waals surface area contributed by atoms with Crippen molar-refractivity contribution in [2.45, 2.75) is 17.7 Å². The zero-order valence-electron chi connectivity index (χ0n) is 9.67. The Labute approximate surface area is 107 Å². The van der Waals surface area contributed by atoms with E-state index < -0.39 is 0 Å². The maximum atomic E-state index is 9.61. The molecule has 0 saturated heterocycles. The van der Waals surface area contributed by atoms with E-state index in [0.29, 0.717) is 5.75 Å². The highest BCUT2D eigenvalue weighted by atomic mass is 32.2. The summed E-state index contributed by atoms with van der Waals surface area (Å²) in [5.41, 5.74) is 1.38. The van der Waals surface area contributed by atoms with Crippen LogP contribution in [-0.4, -0.2) is 10.9 Å². The van der Waals surface area contributed by atoms with Crippen LogP contribution in [0.2, 0.25) is 0 Å². The van der Waals surface area contributed by atoms with Crippen LogP contribution in [0.3, 0.4) is 0 Å². The van der Waals surface area contributed by atoms with Gasteiger partial charge >= 0.3 is 0 Å². The molecule has 0 aromatic heterocycles. The third-order valence-electron chi connectivity index (χ3n) is 2.58. The lowest BCUT2D eigenvalue weighted by molar-refractivity contribution is 0.462. The maximum Gasteiger partial charge on any atom is 0.129 e. The first kappa shape index (κ1) is 12.1. The minimum absolute atomic E-state index is 0.386. The van der Waals surface area contributed by atoms with Crippen molar-refractivity contribution in [3.63, 3.8) is 0 Å². The van der Waals surface area contributed by atoms with E-state index in [4.69, 9.17) is 0 Å². The van der Waals surface area contributed by atoms with E-state index in [9.17, 15) is 5.11 Å². The van der Waals surface area contributed by atoms with Gasteiger partial charge in [0.05, 0.1) is 0 Å². The molecule has 0 bridgehead atoms. The number of hydrogen-bond acceptors (Lipinski definition) is 2. The summed E-state index contributed by atoms with van der Waals surface area (Å²) >= 11 is 1.72. The van der Waals surface area contributed by atoms with Gasteiger partial charge < -0.3 is 5.11 Å². The van der Waals surface area contributed by atoms with Gasteiger partial charge in [-0.05, 0) is 36.3 Å². The second kappa shape index (κ2) is 6.36. The monoisotopic (exact) mass is 244 g/mol. The van der Waals surface area contributed by atoms with Crippen molar-refractivity contribution >= 4 is 11.8 Å². The molecule has 0 radical (unpaired) electrons. The van der Waals surface area contributed by atoms with Crippen molar-refractivity contribution in [3.05, 3.63) is 60.2 Å². The topological polar surface area (TPSA) is 20.2 Å². The second-order valence-corrected chi connectivity index (χ2v) is 5.04. The first-order valence-corrected chi connectivity index (χ1v) is 6.79. The highest BCUT2D eigenvalue weighted by Gasteiger charge is 1.99. The summed E-state index contributed by atoms with van der Waals surface area (Å²) in [6.07, 6.45) is 2.23. The van der Waals surface area contributed by atoms with Crippen LogP contribution >= 0.6 is 11.8 Å². The quantitative estimate of drug-likeness (QED) is 0.630. The van der Waals surface area contributed by atoms with Gasteiger partial charge in [0.15, 0.2) is 0 Å². The van der Waals surface area contributed by atoms with Gasteiger partial charge in [0.2, 0.25) is 0 Å². The van der Waals surface area contributed by atoms with E-state index in [1.54, 1.807) is 17.8 Å². The number of benzene rings is 2. The number of aryl methyl sites for hydroxylation is 1. The van der Waals surface area contributed by atoms with Gasteiger partial charge in [-0.2, -0.15) is 0 Å². The lowest BCUT2D eigenvalue weighted by atomic mass is 10.1. The standard InChI is InChI=1S/C15H16OS/c16-14-10-4-5-11-15(14)17-12-6-9-13-7-2-1-3-8-13/h1-5,7-8,10-11,16H,6,9,12H2. The molecule has 0 saturated carbocycles. The summed E-state index contributed by atoms with van der Waals surface area (Å²) in [4.78, 5) is 0.973. The molecule has 2 aromatic rings. The first-order valence-electron chi connectivity index (χ1n) is 5.81. The molecule has 88 valence electrons. The van der Waals surface area contributed by atoms with Crippen molar-refractivity contribution in [2.75, 3.05) is 5.75 Å². The molecule has 0 amide bonds. The molecule has 0 unspecified atom stereocenters. The Morgan fingerprint density at radius 1 is 0.882 bits per heavy atom. The zero-order chi connectivity index (χ0) is 11.9. The smallest absolute Gasteiger partial charge is 0.129 e. The van der Waals surface area contributed by atoms with Crippen molar-refractivity contribution in [2.24, 2.45) is 0 Å². The van der Waals surface area contributed by atoms with Gasteiger partial charge in [0.1, 0.15) is 5.75 Å². The number of aromatic hydroxyl groups is 1. The fraction of sp³-hybridized carbons (Fsp3) is 0.200. The predicted molar refractivity (Wildman–Crippen MR) is 73.6 cm³/mol. The summed E-state index contributed by atoms with van der Waals surface area (Å²) in [7, 11) is 0. The fourth-order valence-corrected chi connectivity index (χ4v) is 2.58. The summed E-state index contributed by atoms with van der Waals surface area (Å²) in [6, 6.07) is 18.0. The third kappa shape index (κ3) is 3.82. The number of phenols is 1. The Bertz CT molecular complexity index is 453. The Morgan fingerprint density at radius 3 is 2.35 bits per heavy atom. The Hall–Kier alpha value is -1.41. The first-order chi connectivity index (χ1) is 8.36. The van der Waals surface area contributed by atoms with Crippen LogP contribution in [0.15, 0.2) is 59.5 Å². The molecule has 2 aromatic carbocycles. The van der Waals surface area contributed by atoms with Crippen molar-refractivity contribution in [1.82, 2.24) is 0 Å². The van der Waals surface area contributed by atoms with Gasteiger partial charge in [-0.1, -0.05) is 42.5 Å². The Kier molecular flexibility index (Phi) is 4.51. The van der Waals surface area contributed by atoms with E-state index in [1.165, 1.54) is 5.56 Å². The molecule has 0 heterocycles. The van der Waals surface area contributed by atoms with Gasteiger partial charge in [-0.3, -0.25) is 0 Å². The Balaban J connectivity index is 1.76. The van der Waals surface area contributed by atoms with Crippen LogP contribution in [0.25, 0.3) is 0 Å². The second-order valence-electron chi connectivity index (χ2n) is 3.91. The van der Waals surface area contributed by atoms with Crippen molar-refractivity contribution in [3.8, 4) is 5.75 Å². The van der Waals surface area contributed by atoms with Crippen LogP contribution in [0.1, 0.15) is 12.0 Å². The fourth-order valence-electron chi connectivity index (χ4n) is 1.68. The highest BCUT2D eigenvalue weighted by Crippen LogP contribution is 2.28. The summed E-state index contributed by atoms with van der Waals surface area (Å²) in [5.74, 6) is 1.42. The SMILES string of the molecule is Oc1ccccc1SCCCc1ccccc1. The molecular formula is C15H16OS. The third-order valence-corrected chi connectivity index (χ3v) is 3.72. The van der Waals surface area contributed by atoms with E-state index >= 15 is 0 Å². The van der Waals surface area contributed by atoms with Crippen LogP contribution in [-0.2, 0) is 6.42 Å². The summed E-state index contributed by atoms with van der Waals surface area (Å²) in [5, 5.41) is 9.61. The van der Waals surface area contributed by atoms with E-state index in [1.807, 2.05) is 24.3 Å². The van der Waals surface area contributed by atoms with E-state index in [-0.39, 0.29) is 0 Å². The van der Waals surface area contributed by atoms with Crippen LogP contribution in [0.5, 0.6) is 5.75 Å². The maximum absolute atomic E-state index is 9.61. The minimum atomic E-state index is 0.386. The van der Waals surface area contributed by atoms with E-state index in [0.717, 1.165) is 23.5 Å². The van der Waals surface area contributed by atoms with E-state index in [2.05, 4.69) is 24.3 Å². The molecule has 0 aliphatic carbocycles. The predicted octanol–water partition coefficient (Wildman–Crippen LogP) is 4.12. The minimum Gasteiger partial charge on any atom is -0.507 e. The molecule has 0 spiro atoms. The van der Waals surface area contributed by atoms with Crippen LogP contribution < -0.4 is 0 Å². The highest BCUT2D eigenvalue weighted by molar-refractivity contribution is 7.99. The van der Waals surface area contributed by atoms with Crippen molar-refractivity contribution in [1.29, 1.82) is 0 Å². The number of para-hydroxylation sites is 1. The average Bonchev–Trinajstić information content (AvgIpc) is 2.38. The molecule has 0 atom stereocenters. The lowest BCUT2D eigenvalue weighted by Gasteiger charge is -2.04. The molecule has 1 nitrogen and oxygen atoms in total. The van der Waals surface area contributed by atoms with Gasteiger partial charge in [-0.15, -0.1) is 11.8 Å². The molecular weight excluding hydrogens is 228 g/mol. The van der Waals surface area contributed by atoms with Crippen LogP contribution in [0, 0.1) is 0 Å². The molecule has 1 N–H and O–H groups in total.